The van der Waals surface area contributed by atoms with E-state index in [1.54, 1.807) is 0 Å². The van der Waals surface area contributed by atoms with Crippen LogP contribution in [0.3, 0.4) is 0 Å². The normalized spacial score (nSPS) is 9.79. The minimum Gasteiger partial charge on any atom is -0.462 e. The van der Waals surface area contributed by atoms with Gasteiger partial charge in [0.25, 0.3) is 0 Å². The molecule has 0 aliphatic heterocycles. The Labute approximate surface area is 164 Å². The topological polar surface area (TPSA) is 99.1 Å². The van der Waals surface area contributed by atoms with Gasteiger partial charge in [-0.25, -0.2) is 14.4 Å². The van der Waals surface area contributed by atoms with Gasteiger partial charge in [0, 0.05) is 18.2 Å². The third-order valence-corrected chi connectivity index (χ3v) is 3.34. The molecule has 7 heteroatoms. The van der Waals surface area contributed by atoms with E-state index in [-0.39, 0.29) is 19.8 Å². The van der Waals surface area contributed by atoms with Gasteiger partial charge >= 0.3 is 17.9 Å². The van der Waals surface area contributed by atoms with Crippen LogP contribution in [0, 0.1) is 12.3 Å². The maximum Gasteiger partial charge on any atom is 0.330 e. The Balaban J connectivity index is 0.000000861. The van der Waals surface area contributed by atoms with Gasteiger partial charge in [0.1, 0.15) is 19.8 Å². The first-order valence-electron chi connectivity index (χ1n) is 8.32. The summed E-state index contributed by atoms with van der Waals surface area (Å²) in [4.78, 5) is 33.3. The number of carbonyl (C=O) groups is 3. The molecule has 28 heavy (non-hydrogen) atoms. The zero-order valence-corrected chi connectivity index (χ0v) is 16.0. The van der Waals surface area contributed by atoms with Crippen LogP contribution in [0.15, 0.2) is 68.3 Å². The molecule has 0 aliphatic rings. The van der Waals surface area contributed by atoms with E-state index < -0.39 is 29.9 Å². The summed E-state index contributed by atoms with van der Waals surface area (Å²) in [6, 6.07) is 10.3. The van der Waals surface area contributed by atoms with Gasteiger partial charge in [0.15, 0.2) is 0 Å². The molecule has 0 amide bonds. The largest absolute Gasteiger partial charge is 0.462 e. The second kappa shape index (κ2) is 13.9. The van der Waals surface area contributed by atoms with Gasteiger partial charge in [-0.05, 0) is 6.92 Å². The van der Waals surface area contributed by atoms with Gasteiger partial charge in [-0.15, -0.1) is 0 Å². The van der Waals surface area contributed by atoms with Gasteiger partial charge in [-0.1, -0.05) is 55.6 Å². The van der Waals surface area contributed by atoms with Crippen molar-refractivity contribution in [1.82, 2.24) is 0 Å². The molecule has 0 fully saturated rings. The number of aliphatic hydroxyl groups is 1. The maximum atomic E-state index is 11.1. The Bertz CT molecular complexity index is 605. The fraction of sp³-hybridized carbons (Fsp3) is 0.286. The molecular formula is C21H26O7. The quantitative estimate of drug-likeness (QED) is 0.371. The molecule has 0 atom stereocenters. The lowest BCUT2D eigenvalue weighted by atomic mass is 9.92. The smallest absolute Gasteiger partial charge is 0.330 e. The molecule has 1 aromatic carbocycles. The Morgan fingerprint density at radius 1 is 0.857 bits per heavy atom. The molecule has 0 aromatic heterocycles. The standard InChI is InChI=1S/C14H18O7.C7H8/c1-4-11(16)19-8-14(7-15,9-20-12(17)5-2)10-21-13(18)6-3;1-7-5-3-2-4-6-7/h4-6,15H,1-3,7-10H2;2-6H,1H3. The van der Waals surface area contributed by atoms with Crippen LogP contribution in [0.1, 0.15) is 5.56 Å². The van der Waals surface area contributed by atoms with Crippen molar-refractivity contribution in [3.63, 3.8) is 0 Å². The van der Waals surface area contributed by atoms with Crippen molar-refractivity contribution < 1.29 is 33.7 Å². The van der Waals surface area contributed by atoms with Crippen molar-refractivity contribution in [2.24, 2.45) is 5.41 Å². The molecular weight excluding hydrogens is 364 g/mol. The van der Waals surface area contributed by atoms with Crippen molar-refractivity contribution in [2.75, 3.05) is 26.4 Å². The number of ether oxygens (including phenoxy) is 3. The predicted octanol–water partition coefficient (Wildman–Crippen LogP) is 2.15. The molecule has 0 saturated heterocycles. The van der Waals surface area contributed by atoms with Crippen LogP contribution in [-0.4, -0.2) is 49.4 Å². The first-order valence-corrected chi connectivity index (χ1v) is 8.32. The van der Waals surface area contributed by atoms with Crippen molar-refractivity contribution in [1.29, 1.82) is 0 Å². The van der Waals surface area contributed by atoms with Gasteiger partial charge in [0.2, 0.25) is 0 Å². The summed E-state index contributed by atoms with van der Waals surface area (Å²) < 4.78 is 14.5. The van der Waals surface area contributed by atoms with E-state index >= 15 is 0 Å². The van der Waals surface area contributed by atoms with E-state index in [9.17, 15) is 19.5 Å². The molecule has 152 valence electrons. The number of esters is 3. The maximum absolute atomic E-state index is 11.1. The molecule has 1 aromatic rings. The lowest BCUT2D eigenvalue weighted by Gasteiger charge is -2.29. The Morgan fingerprint density at radius 3 is 1.43 bits per heavy atom. The van der Waals surface area contributed by atoms with Crippen LogP contribution in [0.5, 0.6) is 0 Å². The lowest BCUT2D eigenvalue weighted by Crippen LogP contribution is -2.42. The van der Waals surface area contributed by atoms with E-state index in [0.29, 0.717) is 0 Å². The zero-order valence-electron chi connectivity index (χ0n) is 16.0. The van der Waals surface area contributed by atoms with Crippen molar-refractivity contribution in [3.05, 3.63) is 73.9 Å². The molecule has 0 spiro atoms. The minimum atomic E-state index is -1.28. The van der Waals surface area contributed by atoms with E-state index in [0.717, 1.165) is 18.2 Å². The lowest BCUT2D eigenvalue weighted by molar-refractivity contribution is -0.159. The first-order chi connectivity index (χ1) is 13.3. The number of hydrogen-bond acceptors (Lipinski definition) is 7. The van der Waals surface area contributed by atoms with E-state index in [1.807, 2.05) is 18.2 Å². The minimum absolute atomic E-state index is 0.330. The van der Waals surface area contributed by atoms with E-state index in [4.69, 9.17) is 14.2 Å². The molecule has 0 aliphatic carbocycles. The fourth-order valence-corrected chi connectivity index (χ4v) is 1.65. The summed E-state index contributed by atoms with van der Waals surface area (Å²) in [5.74, 6) is -2.17. The number of benzene rings is 1. The van der Waals surface area contributed by atoms with Crippen LogP contribution in [0.25, 0.3) is 0 Å². The molecule has 7 nitrogen and oxygen atoms in total. The Morgan fingerprint density at radius 2 is 1.21 bits per heavy atom. The molecule has 1 rings (SSSR count). The Hall–Kier alpha value is -3.19. The van der Waals surface area contributed by atoms with Gasteiger partial charge < -0.3 is 19.3 Å². The third-order valence-electron chi connectivity index (χ3n) is 3.34. The summed E-state index contributed by atoms with van der Waals surface area (Å²) in [5.41, 5.74) is 0.0400. The molecule has 0 unspecified atom stereocenters. The number of rotatable bonds is 10. The van der Waals surface area contributed by atoms with Crippen molar-refractivity contribution >= 4 is 17.9 Å². The van der Waals surface area contributed by atoms with Crippen LogP contribution in [0.4, 0.5) is 0 Å². The van der Waals surface area contributed by atoms with Crippen molar-refractivity contribution in [2.45, 2.75) is 6.92 Å². The number of hydrogen-bond donors (Lipinski definition) is 1. The van der Waals surface area contributed by atoms with E-state index in [2.05, 4.69) is 38.8 Å². The summed E-state index contributed by atoms with van der Waals surface area (Å²) in [6.07, 6.45) is 2.81. The molecule has 0 bridgehead atoms. The number of aryl methyl sites for hydroxylation is 1. The van der Waals surface area contributed by atoms with Crippen LogP contribution < -0.4 is 0 Å². The predicted molar refractivity (Wildman–Crippen MR) is 104 cm³/mol. The Kier molecular flexibility index (Phi) is 12.4. The van der Waals surface area contributed by atoms with Crippen molar-refractivity contribution in [3.8, 4) is 0 Å². The van der Waals surface area contributed by atoms with Crippen LogP contribution in [0.2, 0.25) is 0 Å². The van der Waals surface area contributed by atoms with Gasteiger partial charge in [0.05, 0.1) is 12.0 Å². The highest BCUT2D eigenvalue weighted by atomic mass is 16.6. The SMILES string of the molecule is C=CC(=O)OCC(CO)(COC(=O)C=C)COC(=O)C=C.Cc1ccccc1. The fourth-order valence-electron chi connectivity index (χ4n) is 1.65. The summed E-state index contributed by atoms with van der Waals surface area (Å²) >= 11 is 0. The highest BCUT2D eigenvalue weighted by Gasteiger charge is 2.35. The third kappa shape index (κ3) is 10.7. The highest BCUT2D eigenvalue weighted by molar-refractivity contribution is 5.82. The second-order valence-electron chi connectivity index (χ2n) is 5.75. The second-order valence-corrected chi connectivity index (χ2v) is 5.75. The zero-order chi connectivity index (χ0) is 21.4. The molecule has 1 N–H and O–H groups in total. The molecule has 0 heterocycles. The van der Waals surface area contributed by atoms with Gasteiger partial charge in [-0.2, -0.15) is 0 Å². The van der Waals surface area contributed by atoms with Crippen LogP contribution >= 0.6 is 0 Å². The summed E-state index contributed by atoms with van der Waals surface area (Å²) in [6.45, 7) is 10.2. The molecule has 0 radical (unpaired) electrons. The number of aliphatic hydroxyl groups excluding tert-OH is 1. The van der Waals surface area contributed by atoms with E-state index in [1.165, 1.54) is 5.56 Å². The average molecular weight is 390 g/mol. The summed E-state index contributed by atoms with van der Waals surface area (Å²) in [7, 11) is 0. The molecule has 0 saturated carbocycles. The average Bonchev–Trinajstić information content (AvgIpc) is 2.73. The number of carbonyl (C=O) groups excluding carboxylic acids is 3. The van der Waals surface area contributed by atoms with Crippen LogP contribution in [-0.2, 0) is 28.6 Å². The monoisotopic (exact) mass is 390 g/mol. The van der Waals surface area contributed by atoms with Gasteiger partial charge in [-0.3, -0.25) is 0 Å². The summed E-state index contributed by atoms with van der Waals surface area (Å²) in [5, 5.41) is 9.48. The highest BCUT2D eigenvalue weighted by Crippen LogP contribution is 2.19. The first kappa shape index (κ1) is 24.8.